The van der Waals surface area contributed by atoms with E-state index in [2.05, 4.69) is 42.5 Å². The van der Waals surface area contributed by atoms with Crippen molar-refractivity contribution in [1.29, 1.82) is 0 Å². The second-order valence-electron chi connectivity index (χ2n) is 9.37. The van der Waals surface area contributed by atoms with Gasteiger partial charge in [0.25, 0.3) is 0 Å². The molecule has 166 valence electrons. The molecule has 0 N–H and O–H groups in total. The zero-order valence-electron chi connectivity index (χ0n) is 19.1. The average molecular weight is 449 g/mol. The molecule has 32 heavy (non-hydrogen) atoms. The van der Waals surface area contributed by atoms with E-state index in [0.717, 1.165) is 61.0 Å². The van der Waals surface area contributed by atoms with E-state index in [1.54, 1.807) is 6.20 Å². The normalized spacial score (nSPS) is 22.4. The summed E-state index contributed by atoms with van der Waals surface area (Å²) in [6, 6.07) is 7.43. The predicted octanol–water partition coefficient (Wildman–Crippen LogP) is 7.48. The Morgan fingerprint density at radius 1 is 1.19 bits per heavy atom. The van der Waals surface area contributed by atoms with Crippen molar-refractivity contribution < 1.29 is 4.39 Å². The fourth-order valence-electron chi connectivity index (χ4n) is 5.51. The predicted molar refractivity (Wildman–Crippen MR) is 133 cm³/mol. The maximum Gasteiger partial charge on any atom is 0.212 e. The summed E-state index contributed by atoms with van der Waals surface area (Å²) in [7, 11) is 0. The molecule has 4 rings (SSSR count). The van der Waals surface area contributed by atoms with Crippen LogP contribution in [0.1, 0.15) is 57.1 Å². The standard InChI is InChI=1S/C27H31BClFN2/c1-4-21-14-18(2)15-24(27(29)26(21)22-9-12-31-13-10-22)28-11-5-6-23(19(28)3)16-20-7-8-25(30)32-17-20/h7-10,12-13,17-18,23H,3-6,11,14-16H2,1-2H3. The lowest BCUT2D eigenvalue weighted by Gasteiger charge is -2.33. The second kappa shape index (κ2) is 10.2. The lowest BCUT2D eigenvalue weighted by molar-refractivity contribution is 0.538. The summed E-state index contributed by atoms with van der Waals surface area (Å²) in [5.74, 6) is 0.485. The van der Waals surface area contributed by atoms with Gasteiger partial charge in [-0.15, -0.1) is 6.58 Å². The first kappa shape index (κ1) is 23.0. The molecule has 0 radical (unpaired) electrons. The van der Waals surface area contributed by atoms with Crippen LogP contribution in [0.4, 0.5) is 4.39 Å². The third-order valence-corrected chi connectivity index (χ3v) is 7.55. The monoisotopic (exact) mass is 448 g/mol. The van der Waals surface area contributed by atoms with E-state index in [4.69, 9.17) is 11.6 Å². The lowest BCUT2D eigenvalue weighted by Crippen LogP contribution is -2.31. The smallest absolute Gasteiger partial charge is 0.212 e. The Labute approximate surface area is 196 Å². The summed E-state index contributed by atoms with van der Waals surface area (Å²) in [6.45, 7) is 9.44. The van der Waals surface area contributed by atoms with Gasteiger partial charge in [-0.2, -0.15) is 4.39 Å². The van der Waals surface area contributed by atoms with Gasteiger partial charge in [-0.25, -0.2) is 4.98 Å². The summed E-state index contributed by atoms with van der Waals surface area (Å²) >= 11 is 7.26. The number of nitrogens with zero attached hydrogens (tertiary/aromatic N) is 2. The molecule has 1 saturated heterocycles. The minimum Gasteiger partial charge on any atom is -0.265 e. The molecule has 0 aromatic carbocycles. The Morgan fingerprint density at radius 2 is 1.97 bits per heavy atom. The van der Waals surface area contributed by atoms with E-state index in [1.165, 1.54) is 28.2 Å². The van der Waals surface area contributed by atoms with E-state index in [-0.39, 0.29) is 0 Å². The maximum absolute atomic E-state index is 13.2. The van der Waals surface area contributed by atoms with Crippen LogP contribution in [-0.2, 0) is 6.42 Å². The molecule has 2 aromatic heterocycles. The van der Waals surface area contributed by atoms with Gasteiger partial charge in [0, 0.05) is 23.6 Å². The Balaban J connectivity index is 1.69. The molecule has 0 spiro atoms. The van der Waals surface area contributed by atoms with Crippen molar-refractivity contribution in [1.82, 2.24) is 9.97 Å². The van der Waals surface area contributed by atoms with Crippen LogP contribution in [0.25, 0.3) is 5.57 Å². The van der Waals surface area contributed by atoms with Crippen LogP contribution in [0.3, 0.4) is 0 Å². The van der Waals surface area contributed by atoms with Gasteiger partial charge in [0.2, 0.25) is 12.7 Å². The van der Waals surface area contributed by atoms with Crippen molar-refractivity contribution in [3.8, 4) is 0 Å². The number of pyridine rings is 2. The minimum atomic E-state index is -0.430. The zero-order chi connectivity index (χ0) is 22.7. The highest BCUT2D eigenvalue weighted by atomic mass is 35.5. The number of rotatable bonds is 5. The van der Waals surface area contributed by atoms with Gasteiger partial charge in [0.05, 0.1) is 0 Å². The van der Waals surface area contributed by atoms with Gasteiger partial charge in [-0.05, 0) is 78.8 Å². The van der Waals surface area contributed by atoms with E-state index in [9.17, 15) is 4.39 Å². The molecule has 5 heteroatoms. The fourth-order valence-corrected chi connectivity index (χ4v) is 5.96. The molecule has 2 unspecified atom stereocenters. The molecular formula is C27H31BClFN2. The van der Waals surface area contributed by atoms with Gasteiger partial charge in [0.15, 0.2) is 0 Å². The Kier molecular flexibility index (Phi) is 7.30. The topological polar surface area (TPSA) is 25.8 Å². The summed E-state index contributed by atoms with van der Waals surface area (Å²) in [6.07, 6.45) is 12.6. The van der Waals surface area contributed by atoms with Gasteiger partial charge < -0.3 is 0 Å². The fraction of sp³-hybridized carbons (Fsp3) is 0.407. The van der Waals surface area contributed by atoms with Crippen LogP contribution in [-0.4, -0.2) is 16.7 Å². The average Bonchev–Trinajstić information content (AvgIpc) is 2.93. The van der Waals surface area contributed by atoms with Crippen LogP contribution in [0.5, 0.6) is 0 Å². The van der Waals surface area contributed by atoms with E-state index < -0.39 is 5.95 Å². The van der Waals surface area contributed by atoms with Crippen LogP contribution in [0.15, 0.2) is 71.0 Å². The second-order valence-corrected chi connectivity index (χ2v) is 9.75. The molecular weight excluding hydrogens is 418 g/mol. The van der Waals surface area contributed by atoms with Crippen LogP contribution < -0.4 is 0 Å². The van der Waals surface area contributed by atoms with E-state index >= 15 is 0 Å². The maximum atomic E-state index is 13.2. The van der Waals surface area contributed by atoms with Crippen molar-refractivity contribution >= 4 is 23.9 Å². The number of hydrogen-bond acceptors (Lipinski definition) is 2. The lowest BCUT2D eigenvalue weighted by atomic mass is 9.32. The highest BCUT2D eigenvalue weighted by molar-refractivity contribution is 6.75. The van der Waals surface area contributed by atoms with Crippen LogP contribution in [0, 0.1) is 17.8 Å². The Morgan fingerprint density at radius 3 is 2.66 bits per heavy atom. The molecule has 0 bridgehead atoms. The van der Waals surface area contributed by atoms with Gasteiger partial charge in [0.1, 0.15) is 0 Å². The van der Waals surface area contributed by atoms with Crippen molar-refractivity contribution in [2.24, 2.45) is 11.8 Å². The third kappa shape index (κ3) is 4.91. The largest absolute Gasteiger partial charge is 0.265 e. The molecule has 2 aliphatic rings. The third-order valence-electron chi connectivity index (χ3n) is 7.12. The van der Waals surface area contributed by atoms with Crippen molar-refractivity contribution in [2.75, 3.05) is 0 Å². The summed E-state index contributed by atoms with van der Waals surface area (Å²) in [4.78, 5) is 8.04. The first-order valence-electron chi connectivity index (χ1n) is 11.8. The Bertz CT molecular complexity index is 1030. The van der Waals surface area contributed by atoms with Crippen LogP contribution in [0.2, 0.25) is 6.32 Å². The van der Waals surface area contributed by atoms with Crippen molar-refractivity contribution in [2.45, 2.75) is 58.7 Å². The molecule has 1 fully saturated rings. The molecule has 2 aromatic rings. The minimum absolute atomic E-state index is 0.296. The Hall–Kier alpha value is -2.20. The molecule has 2 nitrogen and oxygen atoms in total. The van der Waals surface area contributed by atoms with Crippen molar-refractivity contribution in [3.63, 3.8) is 0 Å². The number of aromatic nitrogens is 2. The molecule has 1 aliphatic heterocycles. The highest BCUT2D eigenvalue weighted by Crippen LogP contribution is 2.45. The number of hydrogen-bond donors (Lipinski definition) is 0. The molecule has 0 saturated carbocycles. The van der Waals surface area contributed by atoms with Gasteiger partial charge in [-0.3, -0.25) is 4.98 Å². The number of allylic oxidation sites excluding steroid dienone is 5. The molecule has 3 heterocycles. The van der Waals surface area contributed by atoms with Gasteiger partial charge >= 0.3 is 0 Å². The first-order chi connectivity index (χ1) is 15.5. The quantitative estimate of drug-likeness (QED) is 0.350. The number of halogens is 2. The summed E-state index contributed by atoms with van der Waals surface area (Å²) in [5.41, 5.74) is 7.48. The van der Waals surface area contributed by atoms with Gasteiger partial charge in [-0.1, -0.05) is 60.8 Å². The molecule has 0 amide bonds. The zero-order valence-corrected chi connectivity index (χ0v) is 19.8. The first-order valence-corrected chi connectivity index (χ1v) is 12.2. The van der Waals surface area contributed by atoms with Crippen molar-refractivity contribution in [3.05, 3.63) is 88.1 Å². The molecule has 1 aliphatic carbocycles. The molecule has 2 atom stereocenters. The van der Waals surface area contributed by atoms with E-state index in [1.807, 2.05) is 18.5 Å². The summed E-state index contributed by atoms with van der Waals surface area (Å²) in [5, 5.41) is 0.924. The highest BCUT2D eigenvalue weighted by Gasteiger charge is 2.35. The summed E-state index contributed by atoms with van der Waals surface area (Å²) < 4.78 is 13.2. The van der Waals surface area contributed by atoms with Crippen LogP contribution >= 0.6 is 11.6 Å². The SMILES string of the molecule is C=C1B(C2=C(Cl)C(c3ccncc3)=C(CC)CC(C)C2)CCCC1Cc1ccc(F)nc1. The van der Waals surface area contributed by atoms with E-state index in [0.29, 0.717) is 18.5 Å².